The van der Waals surface area contributed by atoms with E-state index in [0.717, 1.165) is 83.3 Å². The standard InChI is InChI=1S/C39H70BrN5O13/c40-29-35(48)41-18-19-42-36(49)30-57-27-26-56-24-21-44-37(50)31-58-28-25-55-23-20-43-34(47)17-16-33(39(53)54)45-32(14-10-6-7-11-15-38(51)52)13-9-5-3-1-2-4-8-12-22-46/h22,32-33,45H,1-21,23-31H2,(H,41,48)(H,42,49)(H,43,47)(H,44,50)(H,51,52)(H,53,54)/t32?,33-/m0/s1. The molecule has 0 heterocycles. The minimum Gasteiger partial charge on any atom is -0.481 e. The summed E-state index contributed by atoms with van der Waals surface area (Å²) in [6.45, 7) is 2.15. The molecular formula is C39H70BrN5O13. The monoisotopic (exact) mass is 895 g/mol. The van der Waals surface area contributed by atoms with E-state index in [0.29, 0.717) is 25.9 Å². The van der Waals surface area contributed by atoms with Crippen LogP contribution in [-0.4, -0.2) is 149 Å². The number of carbonyl (C=O) groups is 7. The van der Waals surface area contributed by atoms with E-state index in [9.17, 15) is 38.7 Å². The number of ether oxygens (including phenoxy) is 4. The molecule has 0 aromatic heterocycles. The van der Waals surface area contributed by atoms with Crippen molar-refractivity contribution in [1.82, 2.24) is 26.6 Å². The number of carboxylic acids is 2. The number of nitrogens with one attached hydrogen (secondary N) is 5. The van der Waals surface area contributed by atoms with Crippen LogP contribution in [-0.2, 0) is 52.5 Å². The highest BCUT2D eigenvalue weighted by Crippen LogP contribution is 2.16. The minimum atomic E-state index is -1.01. The van der Waals surface area contributed by atoms with Crippen LogP contribution in [0.4, 0.5) is 0 Å². The number of amides is 4. The lowest BCUT2D eigenvalue weighted by atomic mass is 9.98. The molecule has 19 heteroatoms. The molecule has 0 aliphatic rings. The summed E-state index contributed by atoms with van der Waals surface area (Å²) in [5.74, 6) is -2.88. The fraction of sp³-hybridized carbons (Fsp3) is 0.821. The van der Waals surface area contributed by atoms with Crippen molar-refractivity contribution in [2.45, 2.75) is 121 Å². The first-order valence-corrected chi connectivity index (χ1v) is 21.8. The van der Waals surface area contributed by atoms with Gasteiger partial charge in [0.2, 0.25) is 23.6 Å². The predicted octanol–water partition coefficient (Wildman–Crippen LogP) is 2.24. The van der Waals surface area contributed by atoms with E-state index in [2.05, 4.69) is 42.5 Å². The highest BCUT2D eigenvalue weighted by atomic mass is 79.9. The second kappa shape index (κ2) is 40.5. The third-order valence-electron chi connectivity index (χ3n) is 8.70. The molecule has 0 radical (unpaired) electrons. The number of aldehydes is 1. The van der Waals surface area contributed by atoms with Gasteiger partial charge in [-0.15, -0.1) is 0 Å². The molecule has 4 amide bonds. The van der Waals surface area contributed by atoms with Gasteiger partial charge < -0.3 is 60.5 Å². The Balaban J connectivity index is 4.09. The summed E-state index contributed by atoms with van der Waals surface area (Å²) in [5, 5.41) is 32.8. The third-order valence-corrected chi connectivity index (χ3v) is 9.21. The first kappa shape index (κ1) is 54.8. The van der Waals surface area contributed by atoms with Gasteiger partial charge in [-0.3, -0.25) is 28.8 Å². The average molecular weight is 897 g/mol. The molecule has 0 saturated carbocycles. The van der Waals surface area contributed by atoms with Crippen molar-refractivity contribution in [3.63, 3.8) is 0 Å². The van der Waals surface area contributed by atoms with E-state index in [1.807, 2.05) is 0 Å². The molecule has 1 unspecified atom stereocenters. The molecule has 7 N–H and O–H groups in total. The lowest BCUT2D eigenvalue weighted by Crippen LogP contribution is -2.44. The van der Waals surface area contributed by atoms with E-state index < -0.39 is 18.0 Å². The number of hydrogen-bond acceptors (Lipinski definition) is 12. The smallest absolute Gasteiger partial charge is 0.320 e. The Hall–Kier alpha value is -3.23. The number of halogens is 1. The zero-order valence-corrected chi connectivity index (χ0v) is 35.8. The van der Waals surface area contributed by atoms with Crippen LogP contribution >= 0.6 is 15.9 Å². The zero-order chi connectivity index (χ0) is 42.9. The lowest BCUT2D eigenvalue weighted by molar-refractivity contribution is -0.140. The minimum absolute atomic E-state index is 0.0181. The van der Waals surface area contributed by atoms with Crippen molar-refractivity contribution < 1.29 is 62.7 Å². The number of aliphatic carboxylic acids is 2. The maximum absolute atomic E-state index is 12.4. The summed E-state index contributed by atoms with van der Waals surface area (Å²) in [7, 11) is 0. The maximum atomic E-state index is 12.4. The van der Waals surface area contributed by atoms with Crippen LogP contribution in [0.5, 0.6) is 0 Å². The van der Waals surface area contributed by atoms with Gasteiger partial charge in [-0.1, -0.05) is 73.7 Å². The van der Waals surface area contributed by atoms with Gasteiger partial charge in [0.05, 0.1) is 45.0 Å². The molecule has 58 heavy (non-hydrogen) atoms. The second-order valence-electron chi connectivity index (χ2n) is 13.7. The number of hydrogen-bond donors (Lipinski definition) is 7. The molecule has 0 aliphatic carbocycles. The number of unbranched alkanes of at least 4 members (excludes halogenated alkanes) is 10. The zero-order valence-electron chi connectivity index (χ0n) is 34.2. The van der Waals surface area contributed by atoms with Crippen molar-refractivity contribution >= 4 is 57.8 Å². The SMILES string of the molecule is O=CCCCCCCCCCC(CCCCCCC(=O)O)N[C@@H](CCC(=O)NCCOCCOCC(=O)NCCOCCOCC(=O)NCCNC(=O)CBr)C(=O)O. The largest absolute Gasteiger partial charge is 0.481 e. The summed E-state index contributed by atoms with van der Waals surface area (Å²) in [6.07, 6.45) is 13.9. The number of carboxylic acid groups (broad SMARTS) is 2. The van der Waals surface area contributed by atoms with E-state index in [1.54, 1.807) is 0 Å². The normalized spacial score (nSPS) is 12.0. The van der Waals surface area contributed by atoms with Crippen molar-refractivity contribution in [1.29, 1.82) is 0 Å². The van der Waals surface area contributed by atoms with Gasteiger partial charge in [0.25, 0.3) is 0 Å². The lowest BCUT2D eigenvalue weighted by Gasteiger charge is -2.24. The van der Waals surface area contributed by atoms with Crippen LogP contribution in [0, 0.1) is 0 Å². The Kier molecular flexibility index (Phi) is 38.3. The molecule has 0 aromatic carbocycles. The van der Waals surface area contributed by atoms with E-state index in [1.165, 1.54) is 0 Å². The second-order valence-corrected chi connectivity index (χ2v) is 14.3. The topological polar surface area (TPSA) is 257 Å². The Bertz CT molecular complexity index is 1120. The van der Waals surface area contributed by atoms with Gasteiger partial charge >= 0.3 is 11.9 Å². The molecular weight excluding hydrogens is 826 g/mol. The number of alkyl halides is 1. The molecule has 0 aliphatic heterocycles. The Morgan fingerprint density at radius 2 is 0.983 bits per heavy atom. The molecule has 336 valence electrons. The van der Waals surface area contributed by atoms with Gasteiger partial charge in [-0.05, 0) is 32.1 Å². The summed E-state index contributed by atoms with van der Waals surface area (Å²) in [5.41, 5.74) is 0. The van der Waals surface area contributed by atoms with Gasteiger partial charge in [-0.25, -0.2) is 0 Å². The van der Waals surface area contributed by atoms with Gasteiger partial charge in [0.1, 0.15) is 25.5 Å². The first-order valence-electron chi connectivity index (χ1n) is 20.7. The molecule has 18 nitrogen and oxygen atoms in total. The molecule has 0 bridgehead atoms. The quantitative estimate of drug-likeness (QED) is 0.0263. The van der Waals surface area contributed by atoms with E-state index in [4.69, 9.17) is 24.1 Å². The fourth-order valence-corrected chi connectivity index (χ4v) is 5.81. The summed E-state index contributed by atoms with van der Waals surface area (Å²) in [4.78, 5) is 80.4. The van der Waals surface area contributed by atoms with Gasteiger partial charge in [-0.2, -0.15) is 0 Å². The van der Waals surface area contributed by atoms with Crippen LogP contribution in [0.15, 0.2) is 0 Å². The van der Waals surface area contributed by atoms with Crippen molar-refractivity contribution in [2.75, 3.05) is 84.4 Å². The van der Waals surface area contributed by atoms with Gasteiger partial charge in [0, 0.05) is 51.5 Å². The molecule has 0 fully saturated rings. The Labute approximate surface area is 351 Å². The molecule has 0 saturated heterocycles. The van der Waals surface area contributed by atoms with Crippen molar-refractivity contribution in [3.05, 3.63) is 0 Å². The van der Waals surface area contributed by atoms with Crippen LogP contribution in [0.2, 0.25) is 0 Å². The molecule has 0 rings (SSSR count). The number of carbonyl (C=O) groups excluding carboxylic acids is 5. The Morgan fingerprint density at radius 3 is 1.50 bits per heavy atom. The molecule has 0 spiro atoms. The highest BCUT2D eigenvalue weighted by Gasteiger charge is 2.22. The predicted molar refractivity (Wildman–Crippen MR) is 220 cm³/mol. The van der Waals surface area contributed by atoms with E-state index >= 15 is 0 Å². The van der Waals surface area contributed by atoms with Crippen molar-refractivity contribution in [2.24, 2.45) is 0 Å². The molecule has 2 atom stereocenters. The summed E-state index contributed by atoms with van der Waals surface area (Å²) < 4.78 is 21.3. The van der Waals surface area contributed by atoms with Crippen LogP contribution in [0.1, 0.15) is 109 Å². The third kappa shape index (κ3) is 38.3. The van der Waals surface area contributed by atoms with Gasteiger partial charge in [0.15, 0.2) is 0 Å². The summed E-state index contributed by atoms with van der Waals surface area (Å²) in [6, 6.07) is -0.890. The van der Waals surface area contributed by atoms with E-state index in [-0.39, 0.29) is 120 Å². The van der Waals surface area contributed by atoms with Crippen LogP contribution < -0.4 is 26.6 Å². The fourth-order valence-electron chi connectivity index (χ4n) is 5.61. The van der Waals surface area contributed by atoms with Crippen molar-refractivity contribution in [3.8, 4) is 0 Å². The average Bonchev–Trinajstić information content (AvgIpc) is 3.19. The van der Waals surface area contributed by atoms with Crippen LogP contribution in [0.3, 0.4) is 0 Å². The Morgan fingerprint density at radius 1 is 0.517 bits per heavy atom. The summed E-state index contributed by atoms with van der Waals surface area (Å²) >= 11 is 3.03. The van der Waals surface area contributed by atoms with Crippen LogP contribution in [0.25, 0.3) is 0 Å². The first-order chi connectivity index (χ1) is 28.1. The number of rotatable bonds is 43. The molecule has 0 aromatic rings. The maximum Gasteiger partial charge on any atom is 0.320 e. The highest BCUT2D eigenvalue weighted by molar-refractivity contribution is 9.09.